The van der Waals surface area contributed by atoms with Gasteiger partial charge in [0.2, 0.25) is 0 Å². The Morgan fingerprint density at radius 3 is 1.93 bits per heavy atom. The van der Waals surface area contributed by atoms with Crippen LogP contribution in [0.15, 0.2) is 156 Å². The fourth-order valence-corrected chi connectivity index (χ4v) is 11.4. The van der Waals surface area contributed by atoms with E-state index in [0.29, 0.717) is 5.92 Å². The van der Waals surface area contributed by atoms with E-state index in [4.69, 9.17) is 0 Å². The van der Waals surface area contributed by atoms with Crippen LogP contribution in [-0.2, 0) is 5.41 Å². The van der Waals surface area contributed by atoms with Crippen LogP contribution in [0.25, 0.3) is 49.7 Å². The minimum Gasteiger partial charge on any atom is -0.313 e. The summed E-state index contributed by atoms with van der Waals surface area (Å²) in [6.45, 7) is 19.7. The highest BCUT2D eigenvalue weighted by atomic mass is 15.2. The Labute approximate surface area is 331 Å². The van der Waals surface area contributed by atoms with Crippen LogP contribution < -0.4 is 4.90 Å². The van der Waals surface area contributed by atoms with Crippen LogP contribution in [-0.4, -0.2) is 4.57 Å². The van der Waals surface area contributed by atoms with Crippen LogP contribution in [0.4, 0.5) is 11.4 Å². The summed E-state index contributed by atoms with van der Waals surface area (Å²) in [6.07, 6.45) is 3.66. The Morgan fingerprint density at radius 2 is 1.18 bits per heavy atom. The van der Waals surface area contributed by atoms with E-state index in [9.17, 15) is 0 Å². The number of anilines is 2. The zero-order valence-electron chi connectivity index (χ0n) is 34.0. The van der Waals surface area contributed by atoms with E-state index < -0.39 is 0 Å². The molecule has 1 aliphatic heterocycles. The summed E-state index contributed by atoms with van der Waals surface area (Å²) in [4.78, 5) is 2.55. The number of allylic oxidation sites excluding steroid dienone is 4. The lowest BCUT2D eigenvalue weighted by atomic mass is 9.58. The van der Waals surface area contributed by atoms with Crippen molar-refractivity contribution < 1.29 is 0 Å². The first kappa shape index (κ1) is 33.7. The van der Waals surface area contributed by atoms with Gasteiger partial charge in [0.15, 0.2) is 0 Å². The molecule has 3 aliphatic carbocycles. The minimum atomic E-state index is -0.0657. The lowest BCUT2D eigenvalue weighted by Crippen LogP contribution is -2.39. The van der Waals surface area contributed by atoms with Gasteiger partial charge in [-0.2, -0.15) is 0 Å². The van der Waals surface area contributed by atoms with E-state index in [0.717, 1.165) is 6.42 Å². The van der Waals surface area contributed by atoms with Crippen molar-refractivity contribution in [2.24, 2.45) is 16.2 Å². The topological polar surface area (TPSA) is 8.17 Å². The molecule has 11 rings (SSSR count). The van der Waals surface area contributed by atoms with Crippen molar-refractivity contribution >= 4 is 33.2 Å². The Morgan fingerprint density at radius 1 is 0.536 bits per heavy atom. The van der Waals surface area contributed by atoms with Crippen LogP contribution in [0, 0.1) is 16.2 Å². The van der Waals surface area contributed by atoms with Crippen LogP contribution in [0.5, 0.6) is 0 Å². The molecule has 1 atom stereocenters. The van der Waals surface area contributed by atoms with Gasteiger partial charge in [-0.25, -0.2) is 0 Å². The molecule has 6 aromatic carbocycles. The molecule has 0 bridgehead atoms. The molecule has 4 aliphatic rings. The van der Waals surface area contributed by atoms with Crippen LogP contribution >= 0.6 is 0 Å². The third kappa shape index (κ3) is 4.17. The SMILES string of the molecule is CC1(C)c2ccccc2-c2cc3c4cc(-c5ccc6c(c5)C5CC7=C(C=C5N6c5ccccc5)C(C)(C)C(C)(C)C7(C)C)ccc4n(-c4ccccc4)c3cc21. The van der Waals surface area contributed by atoms with Gasteiger partial charge in [-0.05, 0) is 134 Å². The Bertz CT molecular complexity index is 2870. The Balaban J connectivity index is 1.10. The third-order valence-corrected chi connectivity index (χ3v) is 15.7. The van der Waals surface area contributed by atoms with Crippen molar-refractivity contribution in [1.82, 2.24) is 4.57 Å². The average molecular weight is 727 g/mol. The fraction of sp³-hybridized carbons (Fsp3) is 0.259. The van der Waals surface area contributed by atoms with E-state index in [1.165, 1.54) is 83.5 Å². The monoisotopic (exact) mass is 726 g/mol. The summed E-state index contributed by atoms with van der Waals surface area (Å²) in [5.41, 5.74) is 20.6. The van der Waals surface area contributed by atoms with Gasteiger partial charge < -0.3 is 9.47 Å². The van der Waals surface area contributed by atoms with Crippen molar-refractivity contribution in [3.05, 3.63) is 173 Å². The number of para-hydroxylation sites is 2. The molecule has 0 fully saturated rings. The fourth-order valence-electron chi connectivity index (χ4n) is 11.4. The standard InChI is InChI=1S/C54H50N2/c1-51(2)43-22-16-15-21-37(43)38-29-41-39-27-33(23-25-47(39)55(49(41)31-44(38)51)35-17-11-9-12-18-35)34-24-26-48-40(28-34)42-30-45-46(53(5,6)54(7,8)52(45,3)4)32-50(42)56(48)36-19-13-10-14-20-36/h9-29,31-32,42H,30H2,1-8H3. The highest BCUT2D eigenvalue weighted by Crippen LogP contribution is 2.69. The summed E-state index contributed by atoms with van der Waals surface area (Å²) in [7, 11) is 0. The Hall–Kier alpha value is -5.60. The third-order valence-electron chi connectivity index (χ3n) is 15.7. The lowest BCUT2D eigenvalue weighted by molar-refractivity contribution is 0.0620. The highest BCUT2D eigenvalue weighted by Gasteiger charge is 2.59. The van der Waals surface area contributed by atoms with E-state index in [2.05, 4.69) is 204 Å². The maximum absolute atomic E-state index is 2.59. The van der Waals surface area contributed by atoms with Crippen molar-refractivity contribution in [3.63, 3.8) is 0 Å². The molecule has 276 valence electrons. The second-order valence-electron chi connectivity index (χ2n) is 19.0. The van der Waals surface area contributed by atoms with Crippen LogP contribution in [0.1, 0.15) is 84.4 Å². The van der Waals surface area contributed by atoms with E-state index in [-0.39, 0.29) is 21.7 Å². The molecule has 1 unspecified atom stereocenters. The smallest absolute Gasteiger partial charge is 0.0544 e. The molecule has 0 saturated heterocycles. The summed E-state index contributed by atoms with van der Waals surface area (Å²) < 4.78 is 2.48. The molecule has 2 heterocycles. The van der Waals surface area contributed by atoms with Gasteiger partial charge in [0.1, 0.15) is 0 Å². The molecule has 1 aromatic heterocycles. The summed E-state index contributed by atoms with van der Waals surface area (Å²) in [5.74, 6) is 0.308. The molecule has 0 saturated carbocycles. The van der Waals surface area contributed by atoms with E-state index >= 15 is 0 Å². The summed E-state index contributed by atoms with van der Waals surface area (Å²) in [6, 6.07) is 50.3. The first-order chi connectivity index (χ1) is 26.8. The van der Waals surface area contributed by atoms with Gasteiger partial charge in [-0.15, -0.1) is 0 Å². The number of fused-ring (bicyclic) bond motifs is 9. The number of rotatable bonds is 3. The molecule has 56 heavy (non-hydrogen) atoms. The normalized spacial score (nSPS) is 20.5. The van der Waals surface area contributed by atoms with Crippen molar-refractivity contribution in [3.8, 4) is 27.9 Å². The molecule has 0 spiro atoms. The van der Waals surface area contributed by atoms with Crippen molar-refractivity contribution in [1.29, 1.82) is 0 Å². The number of aromatic nitrogens is 1. The number of hydrogen-bond donors (Lipinski definition) is 0. The van der Waals surface area contributed by atoms with Crippen molar-refractivity contribution in [2.75, 3.05) is 4.90 Å². The van der Waals surface area contributed by atoms with Gasteiger partial charge in [-0.1, -0.05) is 134 Å². The molecule has 2 nitrogen and oxygen atoms in total. The molecular weight excluding hydrogens is 677 g/mol. The zero-order valence-corrected chi connectivity index (χ0v) is 34.0. The second kappa shape index (κ2) is 11.0. The van der Waals surface area contributed by atoms with E-state index in [1.807, 2.05) is 0 Å². The molecule has 2 heteroatoms. The molecule has 0 radical (unpaired) electrons. The molecule has 0 N–H and O–H groups in total. The predicted octanol–water partition coefficient (Wildman–Crippen LogP) is 14.7. The maximum Gasteiger partial charge on any atom is 0.0544 e. The van der Waals surface area contributed by atoms with Crippen LogP contribution in [0.3, 0.4) is 0 Å². The molecule has 7 aromatic rings. The molecule has 0 amide bonds. The summed E-state index contributed by atoms with van der Waals surface area (Å²) >= 11 is 0. The summed E-state index contributed by atoms with van der Waals surface area (Å²) in [5, 5.41) is 2.60. The van der Waals surface area contributed by atoms with Gasteiger partial charge in [0.25, 0.3) is 0 Å². The first-order valence-electron chi connectivity index (χ1n) is 20.5. The number of hydrogen-bond acceptors (Lipinski definition) is 1. The lowest BCUT2D eigenvalue weighted by Gasteiger charge is -2.46. The predicted molar refractivity (Wildman–Crippen MR) is 236 cm³/mol. The quantitative estimate of drug-likeness (QED) is 0.176. The van der Waals surface area contributed by atoms with Gasteiger partial charge in [0, 0.05) is 44.9 Å². The van der Waals surface area contributed by atoms with Gasteiger partial charge >= 0.3 is 0 Å². The van der Waals surface area contributed by atoms with Crippen LogP contribution in [0.2, 0.25) is 0 Å². The maximum atomic E-state index is 2.59. The number of nitrogens with zero attached hydrogens (tertiary/aromatic N) is 2. The highest BCUT2D eigenvalue weighted by molar-refractivity contribution is 6.12. The zero-order chi connectivity index (χ0) is 38.5. The second-order valence-corrected chi connectivity index (χ2v) is 19.0. The van der Waals surface area contributed by atoms with Gasteiger partial charge in [0.05, 0.1) is 11.0 Å². The number of benzene rings is 6. The van der Waals surface area contributed by atoms with E-state index in [1.54, 1.807) is 11.1 Å². The van der Waals surface area contributed by atoms with Crippen molar-refractivity contribution in [2.45, 2.75) is 73.1 Å². The Kier molecular flexibility index (Phi) is 6.64. The van der Waals surface area contributed by atoms with Gasteiger partial charge in [-0.3, -0.25) is 0 Å². The minimum absolute atomic E-state index is 0.0657. The average Bonchev–Trinajstić information content (AvgIpc) is 3.81. The largest absolute Gasteiger partial charge is 0.313 e. The molecular formula is C54H50N2. The first-order valence-corrected chi connectivity index (χ1v) is 20.5.